The van der Waals surface area contributed by atoms with Gasteiger partial charge in [0.05, 0.1) is 5.56 Å². The number of pyridine rings is 1. The van der Waals surface area contributed by atoms with Crippen LogP contribution in [0.1, 0.15) is 35.2 Å². The molecule has 2 aromatic carbocycles. The molecule has 7 nitrogen and oxygen atoms in total. The minimum atomic E-state index is -1.06. The van der Waals surface area contributed by atoms with Crippen LogP contribution in [0.4, 0.5) is 30.6 Å². The summed E-state index contributed by atoms with van der Waals surface area (Å²) in [7, 11) is 0. The second-order valence-corrected chi connectivity index (χ2v) is 8.03. The lowest BCUT2D eigenvalue weighted by Crippen LogP contribution is -2.33. The van der Waals surface area contributed by atoms with Gasteiger partial charge >= 0.3 is 6.03 Å². The van der Waals surface area contributed by atoms with Gasteiger partial charge in [-0.05, 0) is 61.2 Å². The number of nitrogens with zero attached hydrogens (tertiary/aromatic N) is 2. The highest BCUT2D eigenvalue weighted by Crippen LogP contribution is 2.27. The Morgan fingerprint density at radius 1 is 0.912 bits per heavy atom. The number of urea groups is 1. The summed E-state index contributed by atoms with van der Waals surface area (Å²) in [5.41, 5.74) is 2.62. The summed E-state index contributed by atoms with van der Waals surface area (Å²) in [6, 6.07) is 11.3. The molecule has 0 atom stereocenters. The molecule has 1 aromatic heterocycles. The van der Waals surface area contributed by atoms with Crippen molar-refractivity contribution in [2.45, 2.75) is 25.8 Å². The van der Waals surface area contributed by atoms with Crippen LogP contribution in [0, 0.1) is 11.6 Å². The fraction of sp³-hybridized carbons (Fsp3) is 0.240. The number of nitrogens with one attached hydrogen (secondary N) is 3. The van der Waals surface area contributed by atoms with E-state index < -0.39 is 17.7 Å². The molecule has 0 spiro atoms. The lowest BCUT2D eigenvalue weighted by Gasteiger charge is -2.30. The van der Waals surface area contributed by atoms with Gasteiger partial charge in [-0.25, -0.2) is 13.6 Å². The number of carbonyl (C=O) groups is 2. The first-order chi connectivity index (χ1) is 16.5. The molecule has 1 fully saturated rings. The van der Waals surface area contributed by atoms with E-state index in [0.29, 0.717) is 17.8 Å². The number of benzene rings is 2. The van der Waals surface area contributed by atoms with Gasteiger partial charge < -0.3 is 20.9 Å². The molecular formula is C25H25F2N5O2. The number of hydrogen-bond donors (Lipinski definition) is 3. The average molecular weight is 466 g/mol. The van der Waals surface area contributed by atoms with Crippen LogP contribution in [0.5, 0.6) is 0 Å². The van der Waals surface area contributed by atoms with Crippen LogP contribution in [0.15, 0.2) is 60.9 Å². The zero-order valence-corrected chi connectivity index (χ0v) is 18.5. The molecule has 2 heterocycles. The predicted octanol–water partition coefficient (Wildman–Crippen LogP) is 4.92. The molecule has 4 rings (SSSR count). The van der Waals surface area contributed by atoms with E-state index in [1.165, 1.54) is 6.07 Å². The summed E-state index contributed by atoms with van der Waals surface area (Å²) in [6.07, 6.45) is 6.61. The van der Waals surface area contributed by atoms with Gasteiger partial charge in [-0.15, -0.1) is 0 Å². The second kappa shape index (κ2) is 10.7. The normalized spacial score (nSPS) is 13.3. The van der Waals surface area contributed by atoms with Crippen molar-refractivity contribution in [3.05, 3.63) is 83.7 Å². The number of piperidine rings is 1. The van der Waals surface area contributed by atoms with E-state index in [1.807, 2.05) is 12.1 Å². The molecule has 9 heteroatoms. The maximum atomic E-state index is 13.4. The molecule has 3 aromatic rings. The molecule has 1 aliphatic heterocycles. The van der Waals surface area contributed by atoms with E-state index in [0.717, 1.165) is 55.7 Å². The molecule has 0 saturated carbocycles. The minimum Gasteiger partial charge on any atom is -0.371 e. The molecule has 3 N–H and O–H groups in total. The van der Waals surface area contributed by atoms with Gasteiger partial charge in [0.1, 0.15) is 0 Å². The van der Waals surface area contributed by atoms with Gasteiger partial charge in [0.2, 0.25) is 0 Å². The van der Waals surface area contributed by atoms with E-state index in [-0.39, 0.29) is 11.6 Å². The standard InChI is InChI=1S/C25H25F2N5O2/c26-21-8-6-19(14-22(21)27)31-25(34)30-18-7-9-23(32-11-2-1-3-12-32)20(13-18)24(33)29-16-17-5-4-10-28-15-17/h4-10,13-15H,1-3,11-12,16H2,(H,29,33)(H2,30,31,34). The fourth-order valence-corrected chi connectivity index (χ4v) is 3.85. The summed E-state index contributed by atoms with van der Waals surface area (Å²) in [5.74, 6) is -2.33. The highest BCUT2D eigenvalue weighted by atomic mass is 19.2. The van der Waals surface area contributed by atoms with Crippen molar-refractivity contribution >= 4 is 29.0 Å². The van der Waals surface area contributed by atoms with Crippen molar-refractivity contribution in [2.24, 2.45) is 0 Å². The maximum Gasteiger partial charge on any atom is 0.323 e. The molecule has 0 aliphatic carbocycles. The van der Waals surface area contributed by atoms with Crippen molar-refractivity contribution in [3.8, 4) is 0 Å². The number of aromatic nitrogens is 1. The highest BCUT2D eigenvalue weighted by molar-refractivity contribution is 6.04. The lowest BCUT2D eigenvalue weighted by molar-refractivity contribution is 0.0951. The van der Waals surface area contributed by atoms with Crippen LogP contribution in [-0.2, 0) is 6.54 Å². The minimum absolute atomic E-state index is 0.107. The number of anilines is 3. The number of halogens is 2. The zero-order valence-electron chi connectivity index (χ0n) is 18.5. The third-order valence-corrected chi connectivity index (χ3v) is 5.55. The Balaban J connectivity index is 1.51. The van der Waals surface area contributed by atoms with Crippen molar-refractivity contribution < 1.29 is 18.4 Å². The Morgan fingerprint density at radius 2 is 1.65 bits per heavy atom. The van der Waals surface area contributed by atoms with Crippen LogP contribution in [0.2, 0.25) is 0 Å². The maximum absolute atomic E-state index is 13.4. The Bertz CT molecular complexity index is 1170. The van der Waals surface area contributed by atoms with Crippen molar-refractivity contribution in [3.63, 3.8) is 0 Å². The third-order valence-electron chi connectivity index (χ3n) is 5.55. The summed E-state index contributed by atoms with van der Waals surface area (Å²) in [4.78, 5) is 31.8. The van der Waals surface area contributed by atoms with Gasteiger partial charge in [0.15, 0.2) is 11.6 Å². The van der Waals surface area contributed by atoms with Crippen molar-refractivity contribution in [1.29, 1.82) is 0 Å². The number of carbonyl (C=O) groups excluding carboxylic acids is 2. The summed E-state index contributed by atoms with van der Waals surface area (Å²) < 4.78 is 26.5. The van der Waals surface area contributed by atoms with E-state index in [4.69, 9.17) is 0 Å². The summed E-state index contributed by atoms with van der Waals surface area (Å²) in [6.45, 7) is 2.03. The first kappa shape index (κ1) is 23.2. The predicted molar refractivity (Wildman–Crippen MR) is 127 cm³/mol. The Hall–Kier alpha value is -4.01. The first-order valence-electron chi connectivity index (χ1n) is 11.1. The molecule has 1 aliphatic rings. The Kier molecular flexibility index (Phi) is 7.31. The fourth-order valence-electron chi connectivity index (χ4n) is 3.85. The monoisotopic (exact) mass is 465 g/mol. The van der Waals surface area contributed by atoms with Crippen LogP contribution in [0.25, 0.3) is 0 Å². The van der Waals surface area contributed by atoms with Crippen molar-refractivity contribution in [2.75, 3.05) is 28.6 Å². The molecule has 1 saturated heterocycles. The van der Waals surface area contributed by atoms with Crippen LogP contribution >= 0.6 is 0 Å². The largest absolute Gasteiger partial charge is 0.371 e. The molecule has 176 valence electrons. The van der Waals surface area contributed by atoms with E-state index in [9.17, 15) is 18.4 Å². The Morgan fingerprint density at radius 3 is 2.35 bits per heavy atom. The van der Waals surface area contributed by atoms with Crippen LogP contribution < -0.4 is 20.9 Å². The summed E-state index contributed by atoms with van der Waals surface area (Å²) >= 11 is 0. The van der Waals surface area contributed by atoms with E-state index >= 15 is 0 Å². The number of hydrogen-bond acceptors (Lipinski definition) is 4. The second-order valence-electron chi connectivity index (χ2n) is 8.03. The SMILES string of the molecule is O=C(Nc1ccc(F)c(F)c1)Nc1ccc(N2CCCCC2)c(C(=O)NCc2cccnc2)c1. The van der Waals surface area contributed by atoms with Crippen LogP contribution in [0.3, 0.4) is 0 Å². The van der Waals surface area contributed by atoms with E-state index in [2.05, 4.69) is 25.8 Å². The topological polar surface area (TPSA) is 86.4 Å². The Labute approximate surface area is 196 Å². The van der Waals surface area contributed by atoms with Gasteiger partial charge in [-0.3, -0.25) is 9.78 Å². The van der Waals surface area contributed by atoms with Gasteiger partial charge in [-0.2, -0.15) is 0 Å². The quantitative estimate of drug-likeness (QED) is 0.482. The smallest absolute Gasteiger partial charge is 0.323 e. The first-order valence-corrected chi connectivity index (χ1v) is 11.1. The molecule has 0 unspecified atom stereocenters. The van der Waals surface area contributed by atoms with E-state index in [1.54, 1.807) is 30.6 Å². The molecule has 3 amide bonds. The summed E-state index contributed by atoms with van der Waals surface area (Å²) in [5, 5.41) is 8.02. The molecule has 0 radical (unpaired) electrons. The van der Waals surface area contributed by atoms with Gasteiger partial charge in [0.25, 0.3) is 5.91 Å². The highest BCUT2D eigenvalue weighted by Gasteiger charge is 2.20. The molecule has 34 heavy (non-hydrogen) atoms. The van der Waals surface area contributed by atoms with Crippen LogP contribution in [-0.4, -0.2) is 30.0 Å². The number of rotatable bonds is 6. The van der Waals surface area contributed by atoms with Gasteiger partial charge in [0, 0.05) is 55.2 Å². The zero-order chi connectivity index (χ0) is 23.9. The lowest BCUT2D eigenvalue weighted by atomic mass is 10.1. The number of amides is 3. The molecular weight excluding hydrogens is 440 g/mol. The van der Waals surface area contributed by atoms with Crippen molar-refractivity contribution in [1.82, 2.24) is 10.3 Å². The van der Waals surface area contributed by atoms with Gasteiger partial charge in [-0.1, -0.05) is 6.07 Å². The third kappa shape index (κ3) is 5.86. The average Bonchev–Trinajstić information content (AvgIpc) is 2.86. The molecule has 0 bridgehead atoms.